The molecule has 0 aromatic heterocycles. The van der Waals surface area contributed by atoms with E-state index in [9.17, 15) is 4.79 Å². The van der Waals surface area contributed by atoms with Crippen LogP contribution >= 0.6 is 0 Å². The molecule has 3 heteroatoms. The maximum Gasteiger partial charge on any atom is 0.303 e. The summed E-state index contributed by atoms with van der Waals surface area (Å²) in [5.41, 5.74) is 7.38. The van der Waals surface area contributed by atoms with Crippen LogP contribution in [-0.4, -0.2) is 17.6 Å². The van der Waals surface area contributed by atoms with E-state index in [2.05, 4.69) is 6.08 Å². The molecule has 0 spiro atoms. The SMILES string of the molecule is NC[C@]1(CC(=O)O)C[C@H]2C(=CC3CC3)CC[C@H]21. The topological polar surface area (TPSA) is 63.3 Å². The van der Waals surface area contributed by atoms with Crippen LogP contribution in [0.3, 0.4) is 0 Å². The van der Waals surface area contributed by atoms with E-state index >= 15 is 0 Å². The van der Waals surface area contributed by atoms with Gasteiger partial charge in [0.05, 0.1) is 6.42 Å². The summed E-state index contributed by atoms with van der Waals surface area (Å²) in [5.74, 6) is 1.37. The van der Waals surface area contributed by atoms with Crippen LogP contribution in [0.1, 0.15) is 38.5 Å². The quantitative estimate of drug-likeness (QED) is 0.734. The molecule has 0 aliphatic heterocycles. The first-order chi connectivity index (χ1) is 8.14. The minimum Gasteiger partial charge on any atom is -0.481 e. The van der Waals surface area contributed by atoms with Crippen LogP contribution in [0.5, 0.6) is 0 Å². The van der Waals surface area contributed by atoms with Gasteiger partial charge in [-0.25, -0.2) is 0 Å². The molecule has 3 saturated carbocycles. The molecule has 3 nitrogen and oxygen atoms in total. The van der Waals surface area contributed by atoms with Gasteiger partial charge in [0.1, 0.15) is 0 Å². The van der Waals surface area contributed by atoms with E-state index in [0.717, 1.165) is 18.8 Å². The van der Waals surface area contributed by atoms with Gasteiger partial charge in [0.2, 0.25) is 0 Å². The number of hydrogen-bond acceptors (Lipinski definition) is 2. The normalized spacial score (nSPS) is 42.3. The largest absolute Gasteiger partial charge is 0.481 e. The summed E-state index contributed by atoms with van der Waals surface area (Å²) in [7, 11) is 0. The highest BCUT2D eigenvalue weighted by molar-refractivity contribution is 5.68. The van der Waals surface area contributed by atoms with Gasteiger partial charge in [-0.3, -0.25) is 4.79 Å². The summed E-state index contributed by atoms with van der Waals surface area (Å²) < 4.78 is 0. The van der Waals surface area contributed by atoms with Crippen LogP contribution in [0.15, 0.2) is 11.6 Å². The molecule has 3 aliphatic rings. The highest BCUT2D eigenvalue weighted by atomic mass is 16.4. The predicted octanol–water partition coefficient (Wildman–Crippen LogP) is 2.17. The van der Waals surface area contributed by atoms with Gasteiger partial charge in [-0.2, -0.15) is 0 Å². The molecule has 3 N–H and O–H groups in total. The molecule has 0 saturated heterocycles. The van der Waals surface area contributed by atoms with E-state index in [0.29, 0.717) is 18.4 Å². The molecule has 94 valence electrons. The van der Waals surface area contributed by atoms with Crippen molar-refractivity contribution in [3.63, 3.8) is 0 Å². The molecule has 0 unspecified atom stereocenters. The zero-order chi connectivity index (χ0) is 12.0. The van der Waals surface area contributed by atoms with E-state index in [4.69, 9.17) is 10.8 Å². The first-order valence-corrected chi connectivity index (χ1v) is 6.77. The molecule has 0 aromatic carbocycles. The monoisotopic (exact) mass is 235 g/mol. The van der Waals surface area contributed by atoms with Gasteiger partial charge in [0, 0.05) is 0 Å². The van der Waals surface area contributed by atoms with Crippen molar-refractivity contribution >= 4 is 5.97 Å². The third-order valence-corrected chi connectivity index (χ3v) is 5.10. The van der Waals surface area contributed by atoms with Crippen LogP contribution in [0, 0.1) is 23.2 Å². The highest BCUT2D eigenvalue weighted by Crippen LogP contribution is 2.62. The van der Waals surface area contributed by atoms with Crippen LogP contribution < -0.4 is 5.73 Å². The standard InChI is InChI=1S/C14H21NO2/c15-8-14(7-13(16)17)6-11-10(3-4-12(11)14)5-9-1-2-9/h5,9,11-12H,1-4,6-8,15H2,(H,16,17)/t11-,12+,14+/m0/s1. The summed E-state index contributed by atoms with van der Waals surface area (Å²) in [6, 6.07) is 0. The molecule has 3 fully saturated rings. The molecule has 3 atom stereocenters. The van der Waals surface area contributed by atoms with Gasteiger partial charge in [-0.15, -0.1) is 0 Å². The summed E-state index contributed by atoms with van der Waals surface area (Å²) >= 11 is 0. The molecule has 3 aliphatic carbocycles. The second-order valence-corrected chi connectivity index (χ2v) is 6.17. The summed E-state index contributed by atoms with van der Waals surface area (Å²) in [6.07, 6.45) is 8.82. The molecule has 0 aromatic rings. The number of fused-ring (bicyclic) bond motifs is 1. The van der Waals surface area contributed by atoms with Gasteiger partial charge in [0.15, 0.2) is 0 Å². The van der Waals surface area contributed by atoms with Crippen molar-refractivity contribution in [2.45, 2.75) is 38.5 Å². The van der Waals surface area contributed by atoms with Crippen molar-refractivity contribution in [3.8, 4) is 0 Å². The van der Waals surface area contributed by atoms with Crippen molar-refractivity contribution < 1.29 is 9.90 Å². The van der Waals surface area contributed by atoms with Gasteiger partial charge < -0.3 is 10.8 Å². The van der Waals surface area contributed by atoms with Crippen molar-refractivity contribution in [3.05, 3.63) is 11.6 Å². The van der Waals surface area contributed by atoms with Crippen LogP contribution in [0.2, 0.25) is 0 Å². The summed E-state index contributed by atoms with van der Waals surface area (Å²) in [4.78, 5) is 11.0. The number of nitrogens with two attached hydrogens (primary N) is 1. The van der Waals surface area contributed by atoms with Crippen molar-refractivity contribution in [2.75, 3.05) is 6.54 Å². The van der Waals surface area contributed by atoms with E-state index < -0.39 is 5.97 Å². The number of carboxylic acid groups (broad SMARTS) is 1. The van der Waals surface area contributed by atoms with Gasteiger partial charge in [-0.05, 0) is 61.8 Å². The Morgan fingerprint density at radius 1 is 1.47 bits per heavy atom. The fourth-order valence-electron chi connectivity index (χ4n) is 3.99. The Hall–Kier alpha value is -0.830. The average Bonchev–Trinajstić information content (AvgIpc) is 2.99. The second-order valence-electron chi connectivity index (χ2n) is 6.17. The molecular formula is C14H21NO2. The van der Waals surface area contributed by atoms with Gasteiger partial charge in [0.25, 0.3) is 0 Å². The number of carbonyl (C=O) groups is 1. The zero-order valence-corrected chi connectivity index (χ0v) is 10.2. The molecule has 0 heterocycles. The molecule has 17 heavy (non-hydrogen) atoms. The molecule has 3 rings (SSSR count). The Balaban J connectivity index is 1.72. The van der Waals surface area contributed by atoms with Crippen LogP contribution in [0.4, 0.5) is 0 Å². The highest BCUT2D eigenvalue weighted by Gasteiger charge is 2.57. The van der Waals surface area contributed by atoms with Crippen molar-refractivity contribution in [2.24, 2.45) is 28.9 Å². The van der Waals surface area contributed by atoms with Gasteiger partial charge in [-0.1, -0.05) is 11.6 Å². The Kier molecular flexibility index (Phi) is 2.54. The number of allylic oxidation sites excluding steroid dienone is 2. The third-order valence-electron chi connectivity index (χ3n) is 5.10. The second kappa shape index (κ2) is 3.84. The summed E-state index contributed by atoms with van der Waals surface area (Å²) in [5, 5.41) is 9.02. The third kappa shape index (κ3) is 1.81. The van der Waals surface area contributed by atoms with Crippen LogP contribution in [-0.2, 0) is 4.79 Å². The van der Waals surface area contributed by atoms with E-state index in [-0.39, 0.29) is 11.8 Å². The Labute approximate surface area is 102 Å². The Bertz CT molecular complexity index is 372. The minimum atomic E-state index is -0.687. The van der Waals surface area contributed by atoms with E-state index in [1.807, 2.05) is 0 Å². The lowest BCUT2D eigenvalue weighted by Crippen LogP contribution is -2.51. The maximum atomic E-state index is 11.0. The predicted molar refractivity (Wildman–Crippen MR) is 65.4 cm³/mol. The smallest absolute Gasteiger partial charge is 0.303 e. The molecule has 0 radical (unpaired) electrons. The lowest BCUT2D eigenvalue weighted by molar-refractivity contribution is -0.144. The zero-order valence-electron chi connectivity index (χ0n) is 10.2. The number of carboxylic acids is 1. The van der Waals surface area contributed by atoms with E-state index in [1.165, 1.54) is 19.3 Å². The lowest BCUT2D eigenvalue weighted by Gasteiger charge is -2.52. The Morgan fingerprint density at radius 2 is 2.24 bits per heavy atom. The molecular weight excluding hydrogens is 214 g/mol. The van der Waals surface area contributed by atoms with E-state index in [1.54, 1.807) is 5.57 Å². The van der Waals surface area contributed by atoms with Crippen molar-refractivity contribution in [1.82, 2.24) is 0 Å². The fourth-order valence-corrected chi connectivity index (χ4v) is 3.99. The average molecular weight is 235 g/mol. The van der Waals surface area contributed by atoms with Gasteiger partial charge >= 0.3 is 5.97 Å². The van der Waals surface area contributed by atoms with Crippen molar-refractivity contribution in [1.29, 1.82) is 0 Å². The number of rotatable bonds is 4. The Morgan fingerprint density at radius 3 is 2.82 bits per heavy atom. The molecule has 0 bridgehead atoms. The maximum absolute atomic E-state index is 11.0. The first kappa shape index (κ1) is 11.3. The number of aliphatic carboxylic acids is 1. The number of hydrogen-bond donors (Lipinski definition) is 2. The molecule has 0 amide bonds. The fraction of sp³-hybridized carbons (Fsp3) is 0.786. The van der Waals surface area contributed by atoms with Crippen LogP contribution in [0.25, 0.3) is 0 Å². The summed E-state index contributed by atoms with van der Waals surface area (Å²) in [6.45, 7) is 0.539. The minimum absolute atomic E-state index is 0.0877. The first-order valence-electron chi connectivity index (χ1n) is 6.77. The lowest BCUT2D eigenvalue weighted by atomic mass is 9.53.